The summed E-state index contributed by atoms with van der Waals surface area (Å²) in [6, 6.07) is 0.307. The SMILES string of the molecule is CCCOCC(NC)C1(OC)CCCC(C)C1. The number of likely N-dealkylation sites (N-methyl/N-ethyl adjacent to an activating group) is 1. The molecule has 1 N–H and O–H groups in total. The second kappa shape index (κ2) is 7.34. The Bertz CT molecular complexity index is 210. The third-order valence-electron chi connectivity index (χ3n) is 4.01. The van der Waals surface area contributed by atoms with E-state index in [-0.39, 0.29) is 5.60 Å². The lowest BCUT2D eigenvalue weighted by Gasteiger charge is -2.44. The number of methoxy groups -OCH3 is 1. The van der Waals surface area contributed by atoms with Crippen molar-refractivity contribution in [2.24, 2.45) is 5.92 Å². The number of ether oxygens (including phenoxy) is 2. The Labute approximate surface area is 106 Å². The van der Waals surface area contributed by atoms with E-state index >= 15 is 0 Å². The summed E-state index contributed by atoms with van der Waals surface area (Å²) in [4.78, 5) is 0. The van der Waals surface area contributed by atoms with Crippen molar-refractivity contribution < 1.29 is 9.47 Å². The third-order valence-corrected chi connectivity index (χ3v) is 4.01. The van der Waals surface area contributed by atoms with Gasteiger partial charge in [-0.1, -0.05) is 26.7 Å². The van der Waals surface area contributed by atoms with E-state index in [9.17, 15) is 0 Å². The van der Waals surface area contributed by atoms with Crippen LogP contribution in [0.4, 0.5) is 0 Å². The Morgan fingerprint density at radius 1 is 1.47 bits per heavy atom. The molecule has 0 heterocycles. The maximum Gasteiger partial charge on any atom is 0.0855 e. The molecule has 1 rings (SSSR count). The van der Waals surface area contributed by atoms with Gasteiger partial charge in [-0.3, -0.25) is 0 Å². The van der Waals surface area contributed by atoms with Gasteiger partial charge >= 0.3 is 0 Å². The fraction of sp³-hybridized carbons (Fsp3) is 1.00. The maximum absolute atomic E-state index is 5.89. The molecule has 1 aliphatic rings. The smallest absolute Gasteiger partial charge is 0.0855 e. The summed E-state index contributed by atoms with van der Waals surface area (Å²) in [6.07, 6.45) is 5.96. The van der Waals surface area contributed by atoms with Crippen molar-refractivity contribution in [2.45, 2.75) is 57.6 Å². The van der Waals surface area contributed by atoms with Gasteiger partial charge in [0, 0.05) is 13.7 Å². The van der Waals surface area contributed by atoms with Gasteiger partial charge in [0.2, 0.25) is 0 Å². The van der Waals surface area contributed by atoms with Crippen LogP contribution < -0.4 is 5.32 Å². The molecule has 1 aliphatic carbocycles. The second-order valence-corrected chi connectivity index (χ2v) is 5.39. The molecule has 3 atom stereocenters. The van der Waals surface area contributed by atoms with Gasteiger partial charge in [-0.2, -0.15) is 0 Å². The molecule has 0 aliphatic heterocycles. The summed E-state index contributed by atoms with van der Waals surface area (Å²) in [6.45, 7) is 6.06. The van der Waals surface area contributed by atoms with Gasteiger partial charge in [0.1, 0.15) is 0 Å². The van der Waals surface area contributed by atoms with Crippen LogP contribution in [0.25, 0.3) is 0 Å². The highest BCUT2D eigenvalue weighted by Gasteiger charge is 2.41. The molecule has 0 bridgehead atoms. The van der Waals surface area contributed by atoms with Crippen molar-refractivity contribution in [1.29, 1.82) is 0 Å². The first kappa shape index (κ1) is 14.9. The molecule has 0 aromatic carbocycles. The number of hydrogen-bond acceptors (Lipinski definition) is 3. The molecule has 0 aromatic heterocycles. The van der Waals surface area contributed by atoms with E-state index in [1.54, 1.807) is 0 Å². The van der Waals surface area contributed by atoms with Crippen molar-refractivity contribution in [1.82, 2.24) is 5.32 Å². The minimum absolute atomic E-state index is 0.0276. The number of nitrogens with one attached hydrogen (secondary N) is 1. The van der Waals surface area contributed by atoms with Gasteiger partial charge in [-0.25, -0.2) is 0 Å². The van der Waals surface area contributed by atoms with Crippen LogP contribution in [-0.2, 0) is 9.47 Å². The molecule has 102 valence electrons. The maximum atomic E-state index is 5.89. The lowest BCUT2D eigenvalue weighted by atomic mass is 9.74. The van der Waals surface area contributed by atoms with Crippen molar-refractivity contribution in [3.05, 3.63) is 0 Å². The zero-order valence-electron chi connectivity index (χ0n) is 11.9. The molecule has 1 saturated carbocycles. The zero-order chi connectivity index (χ0) is 12.7. The van der Waals surface area contributed by atoms with Crippen molar-refractivity contribution in [3.63, 3.8) is 0 Å². The van der Waals surface area contributed by atoms with Gasteiger partial charge in [0.15, 0.2) is 0 Å². The molecule has 17 heavy (non-hydrogen) atoms. The van der Waals surface area contributed by atoms with Crippen LogP contribution in [0.5, 0.6) is 0 Å². The van der Waals surface area contributed by atoms with Crippen LogP contribution in [0.3, 0.4) is 0 Å². The highest BCUT2D eigenvalue weighted by Crippen LogP contribution is 2.37. The predicted octanol–water partition coefficient (Wildman–Crippen LogP) is 2.60. The van der Waals surface area contributed by atoms with Gasteiger partial charge in [-0.15, -0.1) is 0 Å². The monoisotopic (exact) mass is 243 g/mol. The number of hydrogen-bond donors (Lipinski definition) is 1. The quantitative estimate of drug-likeness (QED) is 0.697. The van der Waals surface area contributed by atoms with Crippen LogP contribution in [0, 0.1) is 5.92 Å². The first-order valence-corrected chi connectivity index (χ1v) is 6.98. The van der Waals surface area contributed by atoms with E-state index < -0.39 is 0 Å². The summed E-state index contributed by atoms with van der Waals surface area (Å²) in [5, 5.41) is 3.39. The molecule has 0 spiro atoms. The first-order chi connectivity index (χ1) is 8.18. The molecule has 0 saturated heterocycles. The Morgan fingerprint density at radius 2 is 2.24 bits per heavy atom. The van der Waals surface area contributed by atoms with E-state index in [0.29, 0.717) is 6.04 Å². The topological polar surface area (TPSA) is 30.5 Å². The van der Waals surface area contributed by atoms with Gasteiger partial charge in [0.25, 0.3) is 0 Å². The Morgan fingerprint density at radius 3 is 2.76 bits per heavy atom. The Balaban J connectivity index is 2.60. The summed E-state index contributed by atoms with van der Waals surface area (Å²) >= 11 is 0. The fourth-order valence-corrected chi connectivity index (χ4v) is 3.03. The summed E-state index contributed by atoms with van der Waals surface area (Å²) in [5.41, 5.74) is -0.0276. The average molecular weight is 243 g/mol. The largest absolute Gasteiger partial charge is 0.380 e. The molecular formula is C14H29NO2. The van der Waals surface area contributed by atoms with Crippen LogP contribution >= 0.6 is 0 Å². The van der Waals surface area contributed by atoms with Gasteiger partial charge in [0.05, 0.1) is 18.2 Å². The fourth-order valence-electron chi connectivity index (χ4n) is 3.03. The third kappa shape index (κ3) is 3.94. The van der Waals surface area contributed by atoms with Crippen LogP contribution in [-0.4, -0.2) is 39.0 Å². The standard InChI is InChI=1S/C14H29NO2/c1-5-9-17-11-13(15-3)14(16-4)8-6-7-12(2)10-14/h12-13,15H,5-11H2,1-4H3. The average Bonchev–Trinajstić information content (AvgIpc) is 2.34. The highest BCUT2D eigenvalue weighted by molar-refractivity contribution is 4.96. The predicted molar refractivity (Wildman–Crippen MR) is 71.3 cm³/mol. The number of rotatable bonds is 7. The molecule has 3 heteroatoms. The van der Waals surface area contributed by atoms with Crippen LogP contribution in [0.15, 0.2) is 0 Å². The lowest BCUT2D eigenvalue weighted by Crippen LogP contribution is -2.55. The minimum Gasteiger partial charge on any atom is -0.380 e. The van der Waals surface area contributed by atoms with E-state index in [0.717, 1.165) is 38.4 Å². The Kier molecular flexibility index (Phi) is 6.45. The normalized spacial score (nSPS) is 31.4. The molecule has 3 nitrogen and oxygen atoms in total. The van der Waals surface area contributed by atoms with E-state index in [1.807, 2.05) is 14.2 Å². The van der Waals surface area contributed by atoms with Crippen LogP contribution in [0.2, 0.25) is 0 Å². The zero-order valence-corrected chi connectivity index (χ0v) is 11.9. The van der Waals surface area contributed by atoms with E-state index in [2.05, 4.69) is 19.2 Å². The molecule has 3 unspecified atom stereocenters. The molecular weight excluding hydrogens is 214 g/mol. The highest BCUT2D eigenvalue weighted by atomic mass is 16.5. The molecule has 0 aromatic rings. The van der Waals surface area contributed by atoms with Gasteiger partial charge < -0.3 is 14.8 Å². The van der Waals surface area contributed by atoms with Gasteiger partial charge in [-0.05, 0) is 32.2 Å². The summed E-state index contributed by atoms with van der Waals surface area (Å²) < 4.78 is 11.6. The second-order valence-electron chi connectivity index (χ2n) is 5.39. The van der Waals surface area contributed by atoms with Crippen LogP contribution in [0.1, 0.15) is 46.0 Å². The summed E-state index contributed by atoms with van der Waals surface area (Å²) in [7, 11) is 3.86. The van der Waals surface area contributed by atoms with E-state index in [4.69, 9.17) is 9.47 Å². The molecule has 0 amide bonds. The minimum atomic E-state index is -0.0276. The lowest BCUT2D eigenvalue weighted by molar-refractivity contribution is -0.0946. The van der Waals surface area contributed by atoms with Crippen molar-refractivity contribution in [2.75, 3.05) is 27.4 Å². The molecule has 0 radical (unpaired) electrons. The first-order valence-electron chi connectivity index (χ1n) is 6.98. The van der Waals surface area contributed by atoms with Crippen molar-refractivity contribution in [3.8, 4) is 0 Å². The van der Waals surface area contributed by atoms with E-state index in [1.165, 1.54) is 12.8 Å². The Hall–Kier alpha value is -0.120. The molecule has 1 fully saturated rings. The van der Waals surface area contributed by atoms with Crippen molar-refractivity contribution >= 4 is 0 Å². The summed E-state index contributed by atoms with van der Waals surface area (Å²) in [5.74, 6) is 0.755.